The summed E-state index contributed by atoms with van der Waals surface area (Å²) >= 11 is 0. The number of benzene rings is 11. The average Bonchev–Trinajstić information content (AvgIpc) is 4.17. The fourth-order valence-corrected chi connectivity index (χ4v) is 12.5. The van der Waals surface area contributed by atoms with Crippen molar-refractivity contribution < 1.29 is 0 Å². The van der Waals surface area contributed by atoms with Gasteiger partial charge in [-0.3, -0.25) is 0 Å². The van der Waals surface area contributed by atoms with Crippen LogP contribution in [0.2, 0.25) is 0 Å². The molecule has 4 heteroatoms. The highest BCUT2D eigenvalue weighted by atomic mass is 15.2. The van der Waals surface area contributed by atoms with Crippen LogP contribution >= 0.6 is 0 Å². The van der Waals surface area contributed by atoms with Crippen molar-refractivity contribution in [1.29, 1.82) is 0 Å². The van der Waals surface area contributed by atoms with Gasteiger partial charge < -0.3 is 18.6 Å². The van der Waals surface area contributed by atoms with E-state index in [0.29, 0.717) is 0 Å². The Balaban J connectivity index is 1.15. The Kier molecular flexibility index (Phi) is 8.75. The van der Waals surface area contributed by atoms with Gasteiger partial charge in [-0.05, 0) is 103 Å². The zero-order chi connectivity index (χ0) is 47.6. The highest BCUT2D eigenvalue weighted by Gasteiger charge is 2.32. The monoisotopic (exact) mass is 918 g/mol. The fraction of sp³-hybridized carbons (Fsp3) is 0.0294. The molecule has 0 aliphatic heterocycles. The van der Waals surface area contributed by atoms with Crippen molar-refractivity contribution in [2.24, 2.45) is 0 Å². The van der Waals surface area contributed by atoms with Gasteiger partial charge in [-0.2, -0.15) is 0 Å². The van der Waals surface area contributed by atoms with Crippen molar-refractivity contribution in [3.8, 4) is 22.3 Å². The van der Waals surface area contributed by atoms with E-state index in [-0.39, 0.29) is 0 Å². The van der Waals surface area contributed by atoms with Gasteiger partial charge in [0.2, 0.25) is 0 Å². The third-order valence-corrected chi connectivity index (χ3v) is 15.3. The van der Waals surface area contributed by atoms with Crippen LogP contribution in [0, 0.1) is 13.8 Å². The Hall–Kier alpha value is -9.38. The summed E-state index contributed by atoms with van der Waals surface area (Å²) in [6.45, 7) is 4.40. The van der Waals surface area contributed by atoms with Crippen molar-refractivity contribution in [1.82, 2.24) is 8.80 Å². The molecule has 0 aliphatic rings. The topological polar surface area (TPSA) is 15.3 Å². The Morgan fingerprint density at radius 1 is 0.292 bits per heavy atom. The average molecular weight is 919 g/mol. The summed E-state index contributed by atoms with van der Waals surface area (Å²) in [6, 6.07) is 89.4. The molecule has 4 aromatic heterocycles. The van der Waals surface area contributed by atoms with Crippen LogP contribution < -0.4 is 9.80 Å². The molecular formula is C68H46N4. The van der Waals surface area contributed by atoms with E-state index in [1.54, 1.807) is 0 Å². The van der Waals surface area contributed by atoms with Crippen LogP contribution in [-0.2, 0) is 0 Å². The molecule has 72 heavy (non-hydrogen) atoms. The normalized spacial score (nSPS) is 12.0. The second-order valence-electron chi connectivity index (χ2n) is 19.3. The van der Waals surface area contributed by atoms with Gasteiger partial charge in [-0.15, -0.1) is 0 Å². The smallest absolute Gasteiger partial charge is 0.0634 e. The molecule has 4 heterocycles. The highest BCUT2D eigenvalue weighted by Crippen LogP contribution is 2.56. The van der Waals surface area contributed by atoms with Gasteiger partial charge in [-0.1, -0.05) is 176 Å². The Morgan fingerprint density at radius 2 is 0.681 bits per heavy atom. The SMILES string of the molecule is Cc1cccc(N(c2ccccc2)c2cccc3c2c2cccc4c5c(-c6ccccc6)c6c(c(-c7ccccc7)c5n3c24)c2cccc3c4c(N(c5ccccc5)c5ccccc5C)cccc4n6c32)c1. The minimum atomic E-state index is 1.12. The molecule has 338 valence electrons. The quantitative estimate of drug-likeness (QED) is 0.151. The van der Waals surface area contributed by atoms with Crippen LogP contribution in [0.5, 0.6) is 0 Å². The predicted octanol–water partition coefficient (Wildman–Crippen LogP) is 18.9. The molecule has 0 atom stereocenters. The zero-order valence-electron chi connectivity index (χ0n) is 39.9. The van der Waals surface area contributed by atoms with Crippen LogP contribution in [0.15, 0.2) is 243 Å². The first kappa shape index (κ1) is 40.5. The summed E-state index contributed by atoms with van der Waals surface area (Å²) in [5, 5.41) is 9.93. The molecule has 0 saturated carbocycles. The maximum absolute atomic E-state index is 2.62. The molecule has 0 amide bonds. The molecule has 0 fully saturated rings. The molecule has 0 radical (unpaired) electrons. The lowest BCUT2D eigenvalue weighted by atomic mass is 9.89. The van der Waals surface area contributed by atoms with Crippen LogP contribution in [0.4, 0.5) is 34.1 Å². The standard InChI is InChI=1S/C68H46N4/c1-43-22-17-32-49(42-43)69(47-28-11-5-12-29-47)55-38-20-40-57-61(55)50-33-18-35-52-63-60(46-26-9-4-10-27-46)68-64(59(45-24-7-3-8-25-45)67(63)71(57)65(50)52)53-36-19-34-51-62-56(39-21-41-58(62)72(68)66(51)53)70(48-30-13-6-14-31-48)54-37-16-15-23-44(54)2/h3-42H,1-2H3. The Labute approximate surface area is 416 Å². The lowest BCUT2D eigenvalue weighted by molar-refractivity contribution is 1.26. The summed E-state index contributed by atoms with van der Waals surface area (Å²) in [5.41, 5.74) is 21.4. The predicted molar refractivity (Wildman–Crippen MR) is 305 cm³/mol. The number of fused-ring (bicyclic) bond motifs is 12. The van der Waals surface area contributed by atoms with E-state index in [1.807, 2.05) is 0 Å². The molecule has 15 aromatic rings. The Morgan fingerprint density at radius 3 is 1.18 bits per heavy atom. The number of para-hydroxylation sites is 5. The third kappa shape index (κ3) is 5.63. The Bertz CT molecular complexity index is 4570. The van der Waals surface area contributed by atoms with Crippen LogP contribution in [0.1, 0.15) is 11.1 Å². The molecule has 0 unspecified atom stereocenters. The van der Waals surface area contributed by atoms with Crippen molar-refractivity contribution in [2.45, 2.75) is 13.8 Å². The summed E-state index contributed by atoms with van der Waals surface area (Å²) in [4.78, 5) is 4.90. The van der Waals surface area contributed by atoms with E-state index in [4.69, 9.17) is 0 Å². The van der Waals surface area contributed by atoms with Gasteiger partial charge in [0.15, 0.2) is 0 Å². The number of aryl methyl sites for hydroxylation is 2. The molecule has 0 bridgehead atoms. The lowest BCUT2D eigenvalue weighted by Crippen LogP contribution is -2.11. The van der Waals surface area contributed by atoms with Gasteiger partial charge in [0.25, 0.3) is 0 Å². The number of hydrogen-bond acceptors (Lipinski definition) is 2. The van der Waals surface area contributed by atoms with Crippen molar-refractivity contribution >= 4 is 110 Å². The number of nitrogens with zero attached hydrogens (tertiary/aromatic N) is 4. The van der Waals surface area contributed by atoms with Crippen LogP contribution in [0.25, 0.3) is 98.4 Å². The van der Waals surface area contributed by atoms with Gasteiger partial charge >= 0.3 is 0 Å². The minimum absolute atomic E-state index is 1.12. The van der Waals surface area contributed by atoms with Gasteiger partial charge in [0.1, 0.15) is 0 Å². The first-order valence-electron chi connectivity index (χ1n) is 25.0. The molecule has 0 saturated heterocycles. The molecule has 11 aromatic carbocycles. The van der Waals surface area contributed by atoms with Crippen LogP contribution in [0.3, 0.4) is 0 Å². The first-order chi connectivity index (χ1) is 35.6. The molecule has 0 N–H and O–H groups in total. The van der Waals surface area contributed by atoms with E-state index in [2.05, 4.69) is 275 Å². The summed E-state index contributed by atoms with van der Waals surface area (Å²) in [7, 11) is 0. The third-order valence-electron chi connectivity index (χ3n) is 15.3. The zero-order valence-corrected chi connectivity index (χ0v) is 39.9. The van der Waals surface area contributed by atoms with Crippen molar-refractivity contribution in [3.05, 3.63) is 254 Å². The second-order valence-corrected chi connectivity index (χ2v) is 19.3. The van der Waals surface area contributed by atoms with E-state index >= 15 is 0 Å². The fourth-order valence-electron chi connectivity index (χ4n) is 12.5. The molecule has 4 nitrogen and oxygen atoms in total. The summed E-state index contributed by atoms with van der Waals surface area (Å²) in [6.07, 6.45) is 0. The molecule has 0 aliphatic carbocycles. The number of hydrogen-bond donors (Lipinski definition) is 0. The molecular weight excluding hydrogens is 873 g/mol. The largest absolute Gasteiger partial charge is 0.310 e. The number of anilines is 6. The van der Waals surface area contributed by atoms with Crippen LogP contribution in [-0.4, -0.2) is 8.80 Å². The molecule has 0 spiro atoms. The number of rotatable bonds is 8. The van der Waals surface area contributed by atoms with Gasteiger partial charge in [0.05, 0.1) is 44.5 Å². The van der Waals surface area contributed by atoms with Crippen molar-refractivity contribution in [2.75, 3.05) is 9.80 Å². The first-order valence-corrected chi connectivity index (χ1v) is 25.0. The highest BCUT2D eigenvalue weighted by molar-refractivity contribution is 6.39. The number of aromatic nitrogens is 2. The maximum atomic E-state index is 2.62. The summed E-state index contributed by atoms with van der Waals surface area (Å²) < 4.78 is 5.25. The lowest BCUT2D eigenvalue weighted by Gasteiger charge is -2.28. The minimum Gasteiger partial charge on any atom is -0.310 e. The van der Waals surface area contributed by atoms with E-state index in [0.717, 1.165) is 34.1 Å². The molecule has 15 rings (SSSR count). The maximum Gasteiger partial charge on any atom is 0.0634 e. The van der Waals surface area contributed by atoms with E-state index in [1.165, 1.54) is 110 Å². The van der Waals surface area contributed by atoms with Gasteiger partial charge in [0, 0.05) is 77.0 Å². The van der Waals surface area contributed by atoms with Crippen molar-refractivity contribution in [3.63, 3.8) is 0 Å². The van der Waals surface area contributed by atoms with Gasteiger partial charge in [-0.25, -0.2) is 0 Å². The second kappa shape index (κ2) is 15.6. The van der Waals surface area contributed by atoms with E-state index in [9.17, 15) is 0 Å². The summed E-state index contributed by atoms with van der Waals surface area (Å²) in [5.74, 6) is 0. The van der Waals surface area contributed by atoms with E-state index < -0.39 is 0 Å².